The summed E-state index contributed by atoms with van der Waals surface area (Å²) in [7, 11) is 0. The third kappa shape index (κ3) is 8.63. The first kappa shape index (κ1) is 37.0. The number of oxazole rings is 2. The number of aromatic nitrogens is 5. The number of carbonyl (C=O) groups excluding carboxylic acids is 1. The highest BCUT2D eigenvalue weighted by Crippen LogP contribution is 2.36. The molecule has 6 aromatic rings. The molecule has 7 rings (SSSR count). The van der Waals surface area contributed by atoms with Crippen molar-refractivity contribution in [2.24, 2.45) is 0 Å². The molecule has 0 aliphatic carbocycles. The molecule has 1 saturated heterocycles. The smallest absolute Gasteiger partial charge is 0.452 e. The number of aromatic carboxylic acids is 1. The number of hydrogen-bond donors (Lipinski definition) is 2. The van der Waals surface area contributed by atoms with Crippen molar-refractivity contribution in [3.05, 3.63) is 120 Å². The predicted octanol–water partition coefficient (Wildman–Crippen LogP) is 7.18. The van der Waals surface area contributed by atoms with Gasteiger partial charge in [-0.15, -0.1) is 0 Å². The van der Waals surface area contributed by atoms with E-state index in [1.165, 1.54) is 18.3 Å². The number of alkyl halides is 6. The van der Waals surface area contributed by atoms with Crippen molar-refractivity contribution in [2.45, 2.75) is 12.4 Å². The van der Waals surface area contributed by atoms with E-state index in [9.17, 15) is 35.9 Å². The van der Waals surface area contributed by atoms with Crippen molar-refractivity contribution in [3.63, 3.8) is 0 Å². The number of carboxylic acid groups (broad SMARTS) is 1. The van der Waals surface area contributed by atoms with E-state index in [0.717, 1.165) is 0 Å². The van der Waals surface area contributed by atoms with E-state index in [0.29, 0.717) is 43.5 Å². The second-order valence-electron chi connectivity index (χ2n) is 11.3. The first-order valence-electron chi connectivity index (χ1n) is 15.8. The number of rotatable bonds is 7. The van der Waals surface area contributed by atoms with Crippen LogP contribution < -0.4 is 15.1 Å². The molecule has 19 heteroatoms. The van der Waals surface area contributed by atoms with Gasteiger partial charge in [0, 0.05) is 49.7 Å². The summed E-state index contributed by atoms with van der Waals surface area (Å²) in [6, 6.07) is 20.9. The maximum atomic E-state index is 13.5. The van der Waals surface area contributed by atoms with Gasteiger partial charge in [0.2, 0.25) is 29.3 Å². The molecular formula is C35H26F6N8O5. The largest absolute Gasteiger partial charge is 0.476 e. The Hall–Kier alpha value is -6.79. The van der Waals surface area contributed by atoms with Crippen LogP contribution in [0.15, 0.2) is 106 Å². The topological polar surface area (TPSA) is 164 Å². The van der Waals surface area contributed by atoms with Gasteiger partial charge in [-0.05, 0) is 42.5 Å². The van der Waals surface area contributed by atoms with Crippen LogP contribution in [-0.4, -0.2) is 68.1 Å². The van der Waals surface area contributed by atoms with Crippen LogP contribution in [0.25, 0.3) is 22.9 Å². The van der Waals surface area contributed by atoms with Crippen LogP contribution in [0.5, 0.6) is 0 Å². The minimum absolute atomic E-state index is 0.234. The van der Waals surface area contributed by atoms with Gasteiger partial charge in [0.1, 0.15) is 5.82 Å². The highest BCUT2D eigenvalue weighted by Gasteiger charge is 2.43. The van der Waals surface area contributed by atoms with E-state index < -0.39 is 47.1 Å². The second kappa shape index (κ2) is 15.4. The third-order valence-corrected chi connectivity index (χ3v) is 7.67. The molecule has 5 heterocycles. The number of carbonyl (C=O) groups is 2. The summed E-state index contributed by atoms with van der Waals surface area (Å²) in [5, 5.41) is 11.1. The lowest BCUT2D eigenvalue weighted by Gasteiger charge is -2.35. The van der Waals surface area contributed by atoms with Crippen molar-refractivity contribution in [1.82, 2.24) is 24.9 Å². The predicted molar refractivity (Wildman–Crippen MR) is 179 cm³/mol. The lowest BCUT2D eigenvalue weighted by molar-refractivity contribution is -0.153. The lowest BCUT2D eigenvalue weighted by Crippen LogP contribution is -2.47. The zero-order valence-corrected chi connectivity index (χ0v) is 27.5. The zero-order chi connectivity index (χ0) is 38.5. The highest BCUT2D eigenvalue weighted by atomic mass is 19.4. The minimum atomic E-state index is -4.90. The summed E-state index contributed by atoms with van der Waals surface area (Å²) in [4.78, 5) is 47.6. The molecule has 0 atom stereocenters. The molecule has 1 amide bonds. The molecule has 0 radical (unpaired) electrons. The lowest BCUT2D eigenvalue weighted by atomic mass is 10.2. The molecule has 4 aromatic heterocycles. The van der Waals surface area contributed by atoms with E-state index in [-0.39, 0.29) is 23.0 Å². The fraction of sp³-hybridized carbons (Fsp3) is 0.171. The fourth-order valence-corrected chi connectivity index (χ4v) is 5.16. The van der Waals surface area contributed by atoms with Gasteiger partial charge < -0.3 is 29.1 Å². The van der Waals surface area contributed by atoms with Crippen molar-refractivity contribution in [2.75, 3.05) is 41.3 Å². The molecule has 0 spiro atoms. The third-order valence-electron chi connectivity index (χ3n) is 7.67. The Balaban J connectivity index is 0.000000232. The number of halogens is 6. The molecular weight excluding hydrogens is 726 g/mol. The number of carboxylic acids is 1. The molecule has 0 unspecified atom stereocenters. The molecule has 2 aromatic carbocycles. The number of anilines is 3. The Bertz CT molecular complexity index is 2190. The summed E-state index contributed by atoms with van der Waals surface area (Å²) in [5.74, 6) is -5.19. The standard InChI is InChI=1S/C24H20F3N7O2.C11H6F3NO3/c25-24(26,27)20-19(32-22(36-20)16-5-2-1-3-6-16)21(35)31-17-7-8-18(30-15-17)33-11-13-34(14-12-33)23-28-9-4-10-29-23;12-11(13,14)8-7(10(16)17)15-9(18-8)6-4-2-1-3-5-6/h1-10,15H,11-14H2,(H,31,35);1-5H,(H,16,17). The molecule has 2 N–H and O–H groups in total. The van der Waals surface area contributed by atoms with Crippen LogP contribution in [0.1, 0.15) is 32.5 Å². The first-order chi connectivity index (χ1) is 25.8. The summed E-state index contributed by atoms with van der Waals surface area (Å²) in [6.07, 6.45) is -4.99. The van der Waals surface area contributed by atoms with E-state index in [1.807, 2.05) is 0 Å². The Morgan fingerprint density at radius 2 is 1.15 bits per heavy atom. The van der Waals surface area contributed by atoms with Gasteiger partial charge in [-0.2, -0.15) is 26.3 Å². The SMILES string of the molecule is O=C(Nc1ccc(N2CCN(c3ncccn3)CC2)nc1)c1nc(-c2ccccc2)oc1C(F)(F)F.O=C(O)c1nc(-c2ccccc2)oc1C(F)(F)F. The molecule has 1 fully saturated rings. The quantitative estimate of drug-likeness (QED) is 0.158. The number of nitrogens with zero attached hydrogens (tertiary/aromatic N) is 7. The van der Waals surface area contributed by atoms with Gasteiger partial charge in [-0.25, -0.2) is 29.7 Å². The molecule has 1 aliphatic rings. The van der Waals surface area contributed by atoms with Gasteiger partial charge >= 0.3 is 18.3 Å². The average molecular weight is 753 g/mol. The van der Waals surface area contributed by atoms with E-state index in [1.54, 1.807) is 79.1 Å². The molecule has 0 bridgehead atoms. The van der Waals surface area contributed by atoms with Crippen molar-refractivity contribution >= 4 is 29.3 Å². The molecule has 54 heavy (non-hydrogen) atoms. The van der Waals surface area contributed by atoms with E-state index in [2.05, 4.69) is 44.5 Å². The summed E-state index contributed by atoms with van der Waals surface area (Å²) >= 11 is 0. The Morgan fingerprint density at radius 1 is 0.648 bits per heavy atom. The van der Waals surface area contributed by atoms with Gasteiger partial charge in [-0.1, -0.05) is 36.4 Å². The second-order valence-corrected chi connectivity index (χ2v) is 11.3. The number of hydrogen-bond acceptors (Lipinski definition) is 11. The molecule has 1 aliphatic heterocycles. The van der Waals surface area contributed by atoms with Crippen LogP contribution in [0.2, 0.25) is 0 Å². The van der Waals surface area contributed by atoms with Crippen LogP contribution >= 0.6 is 0 Å². The molecule has 13 nitrogen and oxygen atoms in total. The normalized spacial score (nSPS) is 13.2. The van der Waals surface area contributed by atoms with E-state index in [4.69, 9.17) is 9.52 Å². The number of benzene rings is 2. The summed E-state index contributed by atoms with van der Waals surface area (Å²) in [6.45, 7) is 2.79. The average Bonchev–Trinajstić information content (AvgIpc) is 3.84. The number of piperazine rings is 1. The zero-order valence-electron chi connectivity index (χ0n) is 27.5. The van der Waals surface area contributed by atoms with Gasteiger partial charge in [0.25, 0.3) is 5.91 Å². The summed E-state index contributed by atoms with van der Waals surface area (Å²) in [5.41, 5.74) is -1.15. The molecule has 0 saturated carbocycles. The Kier molecular flexibility index (Phi) is 10.6. The van der Waals surface area contributed by atoms with E-state index >= 15 is 0 Å². The maximum absolute atomic E-state index is 13.5. The Labute approximate surface area is 301 Å². The number of nitrogens with one attached hydrogen (secondary N) is 1. The Morgan fingerprint density at radius 3 is 1.61 bits per heavy atom. The molecule has 278 valence electrons. The van der Waals surface area contributed by atoms with Crippen molar-refractivity contribution in [3.8, 4) is 22.9 Å². The van der Waals surface area contributed by atoms with Crippen LogP contribution in [0, 0.1) is 0 Å². The minimum Gasteiger partial charge on any atom is -0.476 e. The van der Waals surface area contributed by atoms with Gasteiger partial charge in [0.05, 0.1) is 11.9 Å². The van der Waals surface area contributed by atoms with Crippen LogP contribution in [-0.2, 0) is 12.4 Å². The van der Waals surface area contributed by atoms with Gasteiger partial charge in [-0.3, -0.25) is 4.79 Å². The monoisotopic (exact) mass is 752 g/mol. The number of amides is 1. The number of pyridine rings is 1. The summed E-state index contributed by atoms with van der Waals surface area (Å²) < 4.78 is 87.6. The van der Waals surface area contributed by atoms with Crippen LogP contribution in [0.3, 0.4) is 0 Å². The van der Waals surface area contributed by atoms with Crippen molar-refractivity contribution in [1.29, 1.82) is 0 Å². The van der Waals surface area contributed by atoms with Crippen molar-refractivity contribution < 1.29 is 49.9 Å². The first-order valence-corrected chi connectivity index (χ1v) is 15.8. The maximum Gasteiger partial charge on any atom is 0.452 e. The highest BCUT2D eigenvalue weighted by molar-refractivity contribution is 6.04. The van der Waals surface area contributed by atoms with Gasteiger partial charge in [0.15, 0.2) is 11.4 Å². The fourth-order valence-electron chi connectivity index (χ4n) is 5.16. The van der Waals surface area contributed by atoms with Crippen LogP contribution in [0.4, 0.5) is 43.8 Å².